The molecule has 1 aliphatic carbocycles. The Balaban J connectivity index is 1.63. The van der Waals surface area contributed by atoms with E-state index in [-0.39, 0.29) is 44.7 Å². The van der Waals surface area contributed by atoms with E-state index in [4.69, 9.17) is 18.9 Å². The van der Waals surface area contributed by atoms with Crippen LogP contribution in [0.4, 0.5) is 9.59 Å². The lowest BCUT2D eigenvalue weighted by atomic mass is 9.83. The average molecular weight is 685 g/mol. The van der Waals surface area contributed by atoms with Gasteiger partial charge in [0, 0.05) is 37.4 Å². The summed E-state index contributed by atoms with van der Waals surface area (Å²) in [5, 5.41) is 9.67. The molecule has 3 aliphatic rings. The summed E-state index contributed by atoms with van der Waals surface area (Å²) in [4.78, 5) is 52.8. The lowest BCUT2D eigenvalue weighted by molar-refractivity contribution is -0.129. The molecule has 1 N–H and O–H groups in total. The second kappa shape index (κ2) is 13.9. The molecule has 2 aliphatic heterocycles. The molecule has 1 saturated heterocycles. The SMILES string of the molecule is COc1cccc(CN(C(=O)C2=C(c3cnc(OCCO)s3)CC3CN(C(=O)OC(C)(C)C)C[C@H]2N3C(=O)OC(C)(C)C)C2CC2)c1C. The Labute approximate surface area is 286 Å². The van der Waals surface area contributed by atoms with Crippen LogP contribution in [-0.4, -0.2) is 106 Å². The Morgan fingerprint density at radius 1 is 1.04 bits per heavy atom. The van der Waals surface area contributed by atoms with E-state index in [9.17, 15) is 14.7 Å². The molecule has 0 radical (unpaired) electrons. The molecular formula is C35H48N4O8S. The van der Waals surface area contributed by atoms with Crippen LogP contribution < -0.4 is 9.47 Å². The van der Waals surface area contributed by atoms with Gasteiger partial charge in [-0.05, 0) is 90.5 Å². The van der Waals surface area contributed by atoms with Crippen LogP contribution in [-0.2, 0) is 20.8 Å². The first-order valence-corrected chi connectivity index (χ1v) is 17.3. The summed E-state index contributed by atoms with van der Waals surface area (Å²) in [5.74, 6) is 0.538. The van der Waals surface area contributed by atoms with Gasteiger partial charge < -0.3 is 33.9 Å². The van der Waals surface area contributed by atoms with Crippen molar-refractivity contribution >= 4 is 35.0 Å². The number of hydrogen-bond acceptors (Lipinski definition) is 10. The number of hydrogen-bond donors (Lipinski definition) is 1. The minimum atomic E-state index is -0.807. The van der Waals surface area contributed by atoms with E-state index in [1.54, 1.807) is 23.1 Å². The molecule has 5 rings (SSSR count). The first kappa shape index (κ1) is 35.5. The second-order valence-electron chi connectivity index (χ2n) is 14.5. The van der Waals surface area contributed by atoms with Gasteiger partial charge in [0.05, 0.1) is 30.7 Å². The number of thiazole rings is 1. The lowest BCUT2D eigenvalue weighted by Crippen LogP contribution is -2.66. The molecule has 0 spiro atoms. The number of piperazine rings is 1. The monoisotopic (exact) mass is 684 g/mol. The number of aliphatic hydroxyl groups is 1. The summed E-state index contributed by atoms with van der Waals surface area (Å²) in [6.07, 6.45) is 2.66. The Bertz CT molecular complexity index is 1550. The number of nitrogens with zero attached hydrogens (tertiary/aromatic N) is 4. The molecule has 3 heterocycles. The van der Waals surface area contributed by atoms with Gasteiger partial charge in [0.1, 0.15) is 23.6 Å². The average Bonchev–Trinajstić information content (AvgIpc) is 3.73. The highest BCUT2D eigenvalue weighted by molar-refractivity contribution is 7.14. The van der Waals surface area contributed by atoms with Crippen molar-refractivity contribution in [2.75, 3.05) is 33.4 Å². The van der Waals surface area contributed by atoms with Crippen LogP contribution in [0.25, 0.3) is 5.57 Å². The normalized spacial score (nSPS) is 19.6. The first-order chi connectivity index (χ1) is 22.6. The van der Waals surface area contributed by atoms with Crippen molar-refractivity contribution in [3.63, 3.8) is 0 Å². The summed E-state index contributed by atoms with van der Waals surface area (Å²) < 4.78 is 22.8. The van der Waals surface area contributed by atoms with E-state index in [1.165, 1.54) is 11.3 Å². The van der Waals surface area contributed by atoms with Gasteiger partial charge in [0.15, 0.2) is 0 Å². The van der Waals surface area contributed by atoms with Crippen molar-refractivity contribution < 1.29 is 38.4 Å². The van der Waals surface area contributed by atoms with Gasteiger partial charge in [-0.2, -0.15) is 0 Å². The second-order valence-corrected chi connectivity index (χ2v) is 15.5. The van der Waals surface area contributed by atoms with Gasteiger partial charge in [-0.15, -0.1) is 0 Å². The van der Waals surface area contributed by atoms with Crippen LogP contribution in [0.2, 0.25) is 0 Å². The molecule has 12 nitrogen and oxygen atoms in total. The molecule has 2 aromatic rings. The summed E-state index contributed by atoms with van der Waals surface area (Å²) in [6.45, 7) is 13.4. The van der Waals surface area contributed by atoms with Crippen LogP contribution >= 0.6 is 11.3 Å². The number of amides is 3. The summed E-state index contributed by atoms with van der Waals surface area (Å²) in [5.41, 5.74) is 1.61. The third-order valence-corrected chi connectivity index (χ3v) is 9.41. The number of fused-ring (bicyclic) bond motifs is 2. The molecular weight excluding hydrogens is 636 g/mol. The maximum absolute atomic E-state index is 15.1. The van der Waals surface area contributed by atoms with E-state index < -0.39 is 35.5 Å². The zero-order valence-electron chi connectivity index (χ0n) is 29.2. The Morgan fingerprint density at radius 2 is 1.73 bits per heavy atom. The predicted molar refractivity (Wildman–Crippen MR) is 181 cm³/mol. The van der Waals surface area contributed by atoms with Gasteiger partial charge in [-0.25, -0.2) is 14.6 Å². The molecule has 2 atom stereocenters. The van der Waals surface area contributed by atoms with Gasteiger partial charge >= 0.3 is 12.2 Å². The van der Waals surface area contributed by atoms with E-state index >= 15 is 4.79 Å². The minimum Gasteiger partial charge on any atom is -0.496 e. The van der Waals surface area contributed by atoms with Crippen LogP contribution in [0.3, 0.4) is 0 Å². The fraction of sp³-hybridized carbons (Fsp3) is 0.600. The fourth-order valence-electron chi connectivity index (χ4n) is 6.22. The summed E-state index contributed by atoms with van der Waals surface area (Å²) in [6, 6.07) is 4.55. The molecule has 2 fully saturated rings. The number of aromatic nitrogens is 1. The number of ether oxygens (including phenoxy) is 4. The third-order valence-electron chi connectivity index (χ3n) is 8.44. The quantitative estimate of drug-likeness (QED) is 0.369. The van der Waals surface area contributed by atoms with Gasteiger partial charge in [-0.3, -0.25) is 9.69 Å². The van der Waals surface area contributed by atoms with Crippen LogP contribution in [0.5, 0.6) is 10.9 Å². The first-order valence-electron chi connectivity index (χ1n) is 16.5. The Kier molecular flexibility index (Phi) is 10.3. The maximum Gasteiger partial charge on any atom is 0.411 e. The highest BCUT2D eigenvalue weighted by atomic mass is 32.1. The maximum atomic E-state index is 15.1. The Morgan fingerprint density at radius 3 is 2.35 bits per heavy atom. The lowest BCUT2D eigenvalue weighted by Gasteiger charge is -2.51. The highest BCUT2D eigenvalue weighted by Crippen LogP contribution is 2.44. The van der Waals surface area contributed by atoms with Gasteiger partial charge in [0.25, 0.3) is 11.1 Å². The number of benzene rings is 1. The van der Waals surface area contributed by atoms with Crippen molar-refractivity contribution in [1.82, 2.24) is 19.7 Å². The zero-order chi connectivity index (χ0) is 35.0. The van der Waals surface area contributed by atoms with E-state index in [1.807, 2.05) is 71.6 Å². The van der Waals surface area contributed by atoms with Crippen LogP contribution in [0.1, 0.15) is 76.8 Å². The molecule has 13 heteroatoms. The van der Waals surface area contributed by atoms with E-state index in [2.05, 4.69) is 4.98 Å². The van der Waals surface area contributed by atoms with Crippen molar-refractivity contribution in [1.29, 1.82) is 0 Å². The molecule has 3 amide bonds. The third kappa shape index (κ3) is 8.06. The zero-order valence-corrected chi connectivity index (χ0v) is 30.0. The van der Waals surface area contributed by atoms with E-state index in [0.29, 0.717) is 17.3 Å². The molecule has 2 bridgehead atoms. The van der Waals surface area contributed by atoms with Crippen molar-refractivity contribution in [2.24, 2.45) is 0 Å². The van der Waals surface area contributed by atoms with Gasteiger partial charge in [-0.1, -0.05) is 23.5 Å². The standard InChI is InChI=1S/C35H48N4O8S/c1-21-22(10-9-11-27(21)44-8)18-38(23-12-13-23)30(41)29-25(28-17-36-31(48-28)45-15-14-40)16-24-19-37(32(42)46-34(2,3)4)20-26(29)39(24)33(43)47-35(5,6)7/h9-11,17,23-24,26,40H,12-16,18-20H2,1-8H3/t24?,26-/m1/s1. The number of rotatable bonds is 9. The van der Waals surface area contributed by atoms with Crippen molar-refractivity contribution in [2.45, 2.75) is 104 Å². The smallest absolute Gasteiger partial charge is 0.411 e. The number of carbonyl (C=O) groups is 3. The van der Waals surface area contributed by atoms with Crippen LogP contribution in [0.15, 0.2) is 30.0 Å². The predicted octanol–water partition coefficient (Wildman–Crippen LogP) is 5.40. The summed E-state index contributed by atoms with van der Waals surface area (Å²) in [7, 11) is 1.63. The highest BCUT2D eigenvalue weighted by Gasteiger charge is 2.51. The minimum absolute atomic E-state index is 0.0278. The van der Waals surface area contributed by atoms with E-state index in [0.717, 1.165) is 40.2 Å². The molecule has 262 valence electrons. The molecule has 1 aromatic heterocycles. The molecule has 48 heavy (non-hydrogen) atoms. The van der Waals surface area contributed by atoms with Crippen molar-refractivity contribution in [3.05, 3.63) is 46.0 Å². The van der Waals surface area contributed by atoms with Crippen molar-refractivity contribution in [3.8, 4) is 10.9 Å². The topological polar surface area (TPSA) is 131 Å². The number of aliphatic hydroxyl groups excluding tert-OH is 1. The number of methoxy groups -OCH3 is 1. The molecule has 1 unspecified atom stereocenters. The summed E-state index contributed by atoms with van der Waals surface area (Å²) >= 11 is 1.29. The van der Waals surface area contributed by atoms with Gasteiger partial charge in [0.2, 0.25) is 0 Å². The largest absolute Gasteiger partial charge is 0.496 e. The Hall–Kier alpha value is -3.84. The fourth-order valence-corrected chi connectivity index (χ4v) is 7.08. The molecule has 1 saturated carbocycles. The molecule has 1 aromatic carbocycles. The van der Waals surface area contributed by atoms with Crippen LogP contribution in [0, 0.1) is 6.92 Å². The number of carbonyl (C=O) groups excluding carboxylic acids is 3.